The Bertz CT molecular complexity index is 880. The number of likely N-dealkylation sites (tertiary alicyclic amines) is 1. The summed E-state index contributed by atoms with van der Waals surface area (Å²) in [5.74, 6) is 1.75. The average Bonchev–Trinajstić information content (AvgIpc) is 3.04. The molecule has 0 bridgehead atoms. The second-order valence-corrected chi connectivity index (χ2v) is 8.05. The van der Waals surface area contributed by atoms with Gasteiger partial charge in [0.15, 0.2) is 18.0 Å². The summed E-state index contributed by atoms with van der Waals surface area (Å²) in [6, 6.07) is 12.8. The molecular weight excluding hydrogens is 364 g/mol. The standard InChI is InChI=1S/C24H30N2O3/c1-3-18-8-4-7-17(2)24(18)25-23(27)16-26-12-5-9-20(26)19-10-11-21-22(15-19)29-14-6-13-28-21/h4,7-8,10-11,15,20H,3,5-6,9,12-14,16H2,1-2H3,(H,25,27)/p+1/t20-/m0/s1. The number of nitrogens with one attached hydrogen (secondary N) is 2. The third-order valence-corrected chi connectivity index (χ3v) is 6.05. The van der Waals surface area contributed by atoms with Gasteiger partial charge in [-0.25, -0.2) is 0 Å². The first-order valence-electron chi connectivity index (χ1n) is 10.8. The van der Waals surface area contributed by atoms with Crippen LogP contribution in [0.4, 0.5) is 5.69 Å². The van der Waals surface area contributed by atoms with Crippen LogP contribution >= 0.6 is 0 Å². The smallest absolute Gasteiger partial charge is 0.279 e. The Morgan fingerprint density at radius 1 is 1.14 bits per heavy atom. The molecule has 29 heavy (non-hydrogen) atoms. The average molecular weight is 396 g/mol. The van der Waals surface area contributed by atoms with Crippen LogP contribution in [0.5, 0.6) is 11.5 Å². The van der Waals surface area contributed by atoms with Gasteiger partial charge in [-0.05, 0) is 42.7 Å². The second-order valence-electron chi connectivity index (χ2n) is 8.05. The summed E-state index contributed by atoms with van der Waals surface area (Å²) in [6.07, 6.45) is 4.04. The topological polar surface area (TPSA) is 52.0 Å². The molecule has 2 heterocycles. The molecule has 2 aromatic carbocycles. The SMILES string of the molecule is CCc1cccc(C)c1NC(=O)C[NH+]1CCC[C@H]1c1ccc2c(c1)OCCCO2. The molecule has 154 valence electrons. The fourth-order valence-electron chi connectivity index (χ4n) is 4.51. The molecule has 5 heteroatoms. The molecular formula is C24H31N2O3+. The quantitative estimate of drug-likeness (QED) is 0.818. The normalized spacial score (nSPS) is 20.9. The fraction of sp³-hybridized carbons (Fsp3) is 0.458. The molecule has 0 radical (unpaired) electrons. The van der Waals surface area contributed by atoms with Gasteiger partial charge >= 0.3 is 0 Å². The van der Waals surface area contributed by atoms with Gasteiger partial charge in [0, 0.05) is 30.5 Å². The minimum Gasteiger partial charge on any atom is -0.490 e. The zero-order valence-corrected chi connectivity index (χ0v) is 17.4. The number of anilines is 1. The van der Waals surface area contributed by atoms with Gasteiger partial charge < -0.3 is 19.7 Å². The van der Waals surface area contributed by atoms with Crippen molar-refractivity contribution in [2.45, 2.75) is 45.6 Å². The number of hydrogen-bond acceptors (Lipinski definition) is 3. The van der Waals surface area contributed by atoms with Crippen LogP contribution in [0, 0.1) is 6.92 Å². The van der Waals surface area contributed by atoms with Crippen molar-refractivity contribution in [1.29, 1.82) is 0 Å². The summed E-state index contributed by atoms with van der Waals surface area (Å²) >= 11 is 0. The zero-order chi connectivity index (χ0) is 20.2. The number of benzene rings is 2. The molecule has 2 aliphatic heterocycles. The van der Waals surface area contributed by atoms with Gasteiger partial charge in [-0.1, -0.05) is 25.1 Å². The van der Waals surface area contributed by atoms with Crippen molar-refractivity contribution >= 4 is 11.6 Å². The summed E-state index contributed by atoms with van der Waals surface area (Å²) < 4.78 is 11.6. The number of para-hydroxylation sites is 1. The number of rotatable bonds is 5. The summed E-state index contributed by atoms with van der Waals surface area (Å²) in [5.41, 5.74) is 4.52. The Kier molecular flexibility index (Phi) is 6.05. The van der Waals surface area contributed by atoms with Crippen LogP contribution in [0.1, 0.15) is 48.9 Å². The van der Waals surface area contributed by atoms with Gasteiger partial charge in [0.05, 0.1) is 19.8 Å². The third-order valence-electron chi connectivity index (χ3n) is 6.05. The molecule has 0 aliphatic carbocycles. The van der Waals surface area contributed by atoms with Crippen molar-refractivity contribution < 1.29 is 19.2 Å². The van der Waals surface area contributed by atoms with Crippen LogP contribution in [0.3, 0.4) is 0 Å². The van der Waals surface area contributed by atoms with E-state index < -0.39 is 0 Å². The van der Waals surface area contributed by atoms with E-state index in [9.17, 15) is 4.79 Å². The van der Waals surface area contributed by atoms with Crippen molar-refractivity contribution in [2.75, 3.05) is 31.6 Å². The molecule has 2 atom stereocenters. The van der Waals surface area contributed by atoms with Crippen molar-refractivity contribution in [2.24, 2.45) is 0 Å². The fourth-order valence-corrected chi connectivity index (χ4v) is 4.51. The molecule has 2 N–H and O–H groups in total. The zero-order valence-electron chi connectivity index (χ0n) is 17.4. The molecule has 1 fully saturated rings. The van der Waals surface area contributed by atoms with Crippen molar-refractivity contribution in [3.8, 4) is 11.5 Å². The number of carbonyl (C=O) groups is 1. The van der Waals surface area contributed by atoms with Crippen LogP contribution in [0.2, 0.25) is 0 Å². The molecule has 1 saturated heterocycles. The van der Waals surface area contributed by atoms with Gasteiger partial charge in [0.25, 0.3) is 5.91 Å². The van der Waals surface area contributed by atoms with Gasteiger partial charge in [0.2, 0.25) is 0 Å². The number of quaternary nitrogens is 1. The number of hydrogen-bond donors (Lipinski definition) is 2. The summed E-state index contributed by atoms with van der Waals surface area (Å²) in [6.45, 7) is 7.06. The second kappa shape index (κ2) is 8.87. The summed E-state index contributed by atoms with van der Waals surface area (Å²) in [4.78, 5) is 14.2. The first-order valence-corrected chi connectivity index (χ1v) is 10.8. The molecule has 0 aromatic heterocycles. The highest BCUT2D eigenvalue weighted by Gasteiger charge is 2.32. The maximum absolute atomic E-state index is 12.9. The van der Waals surface area contributed by atoms with E-state index in [0.717, 1.165) is 55.0 Å². The lowest BCUT2D eigenvalue weighted by Gasteiger charge is -2.22. The lowest BCUT2D eigenvalue weighted by atomic mass is 10.0. The largest absolute Gasteiger partial charge is 0.490 e. The van der Waals surface area contributed by atoms with Gasteiger partial charge in [-0.15, -0.1) is 0 Å². The molecule has 0 spiro atoms. The number of fused-ring (bicyclic) bond motifs is 1. The first-order chi connectivity index (χ1) is 14.2. The minimum absolute atomic E-state index is 0.0882. The lowest BCUT2D eigenvalue weighted by Crippen LogP contribution is -3.11. The molecule has 2 aromatic rings. The van der Waals surface area contributed by atoms with Crippen LogP contribution in [-0.2, 0) is 11.2 Å². The Morgan fingerprint density at radius 2 is 1.97 bits per heavy atom. The highest BCUT2D eigenvalue weighted by Crippen LogP contribution is 2.33. The van der Waals surface area contributed by atoms with Crippen LogP contribution < -0.4 is 19.7 Å². The maximum Gasteiger partial charge on any atom is 0.279 e. The highest BCUT2D eigenvalue weighted by molar-refractivity contribution is 5.93. The summed E-state index contributed by atoms with van der Waals surface area (Å²) in [5, 5.41) is 3.18. The van der Waals surface area contributed by atoms with E-state index in [1.54, 1.807) is 0 Å². The predicted octanol–water partition coefficient (Wildman–Crippen LogP) is 3.08. The summed E-state index contributed by atoms with van der Waals surface area (Å²) in [7, 11) is 0. The third kappa shape index (κ3) is 4.40. The minimum atomic E-state index is 0.0882. The lowest BCUT2D eigenvalue weighted by molar-refractivity contribution is -0.910. The number of ether oxygens (including phenoxy) is 2. The molecule has 0 saturated carbocycles. The Balaban J connectivity index is 1.47. The van der Waals surface area contributed by atoms with E-state index in [2.05, 4.69) is 49.5 Å². The van der Waals surface area contributed by atoms with E-state index in [1.807, 2.05) is 6.07 Å². The van der Waals surface area contributed by atoms with E-state index in [-0.39, 0.29) is 5.91 Å². The van der Waals surface area contributed by atoms with E-state index in [0.29, 0.717) is 25.8 Å². The predicted molar refractivity (Wildman–Crippen MR) is 114 cm³/mol. The van der Waals surface area contributed by atoms with Gasteiger partial charge in [0.1, 0.15) is 6.04 Å². The number of amides is 1. The molecule has 5 nitrogen and oxygen atoms in total. The van der Waals surface area contributed by atoms with Gasteiger partial charge in [-0.2, -0.15) is 0 Å². The maximum atomic E-state index is 12.9. The molecule has 4 rings (SSSR count). The van der Waals surface area contributed by atoms with Gasteiger partial charge in [-0.3, -0.25) is 4.79 Å². The first kappa shape index (κ1) is 19.8. The van der Waals surface area contributed by atoms with Crippen LogP contribution in [0.15, 0.2) is 36.4 Å². The van der Waals surface area contributed by atoms with Crippen LogP contribution in [0.25, 0.3) is 0 Å². The highest BCUT2D eigenvalue weighted by atomic mass is 16.5. The van der Waals surface area contributed by atoms with Crippen LogP contribution in [-0.4, -0.2) is 32.2 Å². The Hall–Kier alpha value is -2.53. The molecule has 2 aliphatic rings. The van der Waals surface area contributed by atoms with E-state index in [4.69, 9.17) is 9.47 Å². The van der Waals surface area contributed by atoms with Crippen molar-refractivity contribution in [1.82, 2.24) is 0 Å². The van der Waals surface area contributed by atoms with Crippen molar-refractivity contribution in [3.63, 3.8) is 0 Å². The van der Waals surface area contributed by atoms with E-state index in [1.165, 1.54) is 16.0 Å². The monoisotopic (exact) mass is 395 g/mol. The van der Waals surface area contributed by atoms with Crippen molar-refractivity contribution in [3.05, 3.63) is 53.1 Å². The molecule has 1 amide bonds. The number of aryl methyl sites for hydroxylation is 2. The van der Waals surface area contributed by atoms with E-state index >= 15 is 0 Å². The Labute approximate surface area is 173 Å². The Morgan fingerprint density at radius 3 is 2.79 bits per heavy atom. The number of carbonyl (C=O) groups excluding carboxylic acids is 1. The molecule has 1 unspecified atom stereocenters.